The van der Waals surface area contributed by atoms with Crippen LogP contribution in [0.15, 0.2) is 34.2 Å². The highest BCUT2D eigenvalue weighted by molar-refractivity contribution is 7.91. The molecule has 1 aliphatic heterocycles. The first kappa shape index (κ1) is 20.6. The van der Waals surface area contributed by atoms with Crippen molar-refractivity contribution in [3.05, 3.63) is 29.4 Å². The average molecular weight is 426 g/mol. The third kappa shape index (κ3) is 4.16. The fourth-order valence-corrected chi connectivity index (χ4v) is 4.88. The first-order valence-electron chi connectivity index (χ1n) is 9.05. The van der Waals surface area contributed by atoms with Crippen LogP contribution in [0.3, 0.4) is 0 Å². The summed E-state index contributed by atoms with van der Waals surface area (Å²) in [5.74, 6) is 0.522. The number of nitrogen functional groups attached to an aromatic ring is 1. The molecular formula is C18H24ClN5O3S. The highest BCUT2D eigenvalue weighted by atomic mass is 35.5. The molecule has 2 N–H and O–H groups in total. The maximum absolute atomic E-state index is 13.1. The van der Waals surface area contributed by atoms with E-state index in [0.29, 0.717) is 5.95 Å². The summed E-state index contributed by atoms with van der Waals surface area (Å²) in [5.41, 5.74) is 6.01. The molecule has 0 unspecified atom stereocenters. The molecule has 0 amide bonds. The van der Waals surface area contributed by atoms with Crippen molar-refractivity contribution in [3.8, 4) is 5.75 Å². The van der Waals surface area contributed by atoms with Crippen molar-refractivity contribution < 1.29 is 13.2 Å². The van der Waals surface area contributed by atoms with Crippen molar-refractivity contribution in [1.29, 1.82) is 0 Å². The van der Waals surface area contributed by atoms with Gasteiger partial charge in [0.05, 0.1) is 13.3 Å². The number of ether oxygens (including phenoxy) is 1. The number of nitrogens with zero attached hydrogens (tertiary/aromatic N) is 4. The third-order valence-electron chi connectivity index (χ3n) is 4.67. The van der Waals surface area contributed by atoms with Gasteiger partial charge in [-0.3, -0.25) is 4.90 Å². The van der Waals surface area contributed by atoms with Gasteiger partial charge in [0.25, 0.3) is 0 Å². The van der Waals surface area contributed by atoms with Gasteiger partial charge in [0.15, 0.2) is 0 Å². The molecule has 2 heterocycles. The van der Waals surface area contributed by atoms with Crippen LogP contribution >= 0.6 is 11.6 Å². The number of halogens is 1. The van der Waals surface area contributed by atoms with E-state index in [-0.39, 0.29) is 26.4 Å². The summed E-state index contributed by atoms with van der Waals surface area (Å²) in [5, 5.41) is 0.278. The second-order valence-corrected chi connectivity index (χ2v) is 8.87. The lowest BCUT2D eigenvalue weighted by atomic mass is 10.3. The molecule has 0 aliphatic carbocycles. The number of anilines is 2. The van der Waals surface area contributed by atoms with E-state index in [1.54, 1.807) is 6.07 Å². The molecule has 0 bridgehead atoms. The lowest BCUT2D eigenvalue weighted by molar-refractivity contribution is 0.257. The van der Waals surface area contributed by atoms with E-state index < -0.39 is 9.84 Å². The monoisotopic (exact) mass is 425 g/mol. The van der Waals surface area contributed by atoms with Gasteiger partial charge in [-0.25, -0.2) is 13.4 Å². The predicted molar refractivity (Wildman–Crippen MR) is 109 cm³/mol. The summed E-state index contributed by atoms with van der Waals surface area (Å²) in [6, 6.07) is 4.38. The lowest BCUT2D eigenvalue weighted by Crippen LogP contribution is -2.47. The van der Waals surface area contributed by atoms with Crippen molar-refractivity contribution in [3.63, 3.8) is 0 Å². The maximum Gasteiger partial charge on any atom is 0.227 e. The molecule has 152 valence electrons. The minimum Gasteiger partial charge on any atom is -0.495 e. The number of nitrogens with two attached hydrogens (primary N) is 1. The van der Waals surface area contributed by atoms with Crippen molar-refractivity contribution in [2.75, 3.05) is 50.5 Å². The number of methoxy groups -OCH3 is 1. The number of benzene rings is 1. The molecule has 0 atom stereocenters. The molecule has 0 radical (unpaired) electrons. The van der Waals surface area contributed by atoms with Crippen LogP contribution in [0.1, 0.15) is 13.3 Å². The van der Waals surface area contributed by atoms with Crippen molar-refractivity contribution in [2.24, 2.45) is 0 Å². The SMILES string of the molecule is CCCN1CCN(c2ncc(S(=O)(=O)c3cc(Cl)ccc3OC)c(N)n2)CC1. The molecule has 1 fully saturated rings. The van der Waals surface area contributed by atoms with Crippen molar-refractivity contribution in [1.82, 2.24) is 14.9 Å². The standard InChI is InChI=1S/C18H24ClN5O3S/c1-3-6-23-7-9-24(10-8-23)18-21-12-16(17(20)22-18)28(25,26)15-11-13(19)4-5-14(15)27-2/h4-5,11-12H,3,6-10H2,1-2H3,(H2,20,21,22). The maximum atomic E-state index is 13.1. The Bertz CT molecular complexity index is 946. The molecule has 8 nitrogen and oxygen atoms in total. The average Bonchev–Trinajstić information content (AvgIpc) is 2.68. The molecular weight excluding hydrogens is 402 g/mol. The Kier molecular flexibility index (Phi) is 6.26. The summed E-state index contributed by atoms with van der Waals surface area (Å²) in [7, 11) is -2.59. The number of sulfone groups is 1. The van der Waals surface area contributed by atoms with Gasteiger partial charge in [-0.05, 0) is 31.2 Å². The van der Waals surface area contributed by atoms with Crippen LogP contribution in [0.2, 0.25) is 5.02 Å². The van der Waals surface area contributed by atoms with Gasteiger partial charge in [0.1, 0.15) is 21.4 Å². The minimum atomic E-state index is -3.98. The van der Waals surface area contributed by atoms with E-state index in [2.05, 4.69) is 21.8 Å². The van der Waals surface area contributed by atoms with Crippen LogP contribution in [0.5, 0.6) is 5.75 Å². The topological polar surface area (TPSA) is 102 Å². The second-order valence-electron chi connectivity index (χ2n) is 6.55. The Labute approximate surface area is 170 Å². The highest BCUT2D eigenvalue weighted by Gasteiger charge is 2.27. The minimum absolute atomic E-state index is 0.0706. The highest BCUT2D eigenvalue weighted by Crippen LogP contribution is 2.33. The molecule has 28 heavy (non-hydrogen) atoms. The Morgan fingerprint density at radius 1 is 1.21 bits per heavy atom. The predicted octanol–water partition coefficient (Wildman–Crippen LogP) is 2.09. The van der Waals surface area contributed by atoms with Gasteiger partial charge < -0.3 is 15.4 Å². The van der Waals surface area contributed by atoms with Crippen molar-refractivity contribution >= 4 is 33.2 Å². The number of rotatable bonds is 6. The van der Waals surface area contributed by atoms with Crippen LogP contribution in [0.4, 0.5) is 11.8 Å². The van der Waals surface area contributed by atoms with Crippen molar-refractivity contribution in [2.45, 2.75) is 23.1 Å². The van der Waals surface area contributed by atoms with Gasteiger partial charge in [-0.1, -0.05) is 18.5 Å². The van der Waals surface area contributed by atoms with Crippen LogP contribution in [-0.2, 0) is 9.84 Å². The summed E-state index contributed by atoms with van der Waals surface area (Å²) < 4.78 is 31.3. The Morgan fingerprint density at radius 3 is 2.54 bits per heavy atom. The summed E-state index contributed by atoms with van der Waals surface area (Å²) >= 11 is 5.97. The zero-order valence-corrected chi connectivity index (χ0v) is 17.5. The third-order valence-corrected chi connectivity index (χ3v) is 6.70. The summed E-state index contributed by atoms with van der Waals surface area (Å²) in [6.07, 6.45) is 2.37. The van der Waals surface area contributed by atoms with Gasteiger partial charge in [-0.2, -0.15) is 4.98 Å². The van der Waals surface area contributed by atoms with E-state index in [4.69, 9.17) is 22.1 Å². The van der Waals surface area contributed by atoms with Gasteiger partial charge in [0.2, 0.25) is 15.8 Å². The Balaban J connectivity index is 1.88. The molecule has 0 spiro atoms. The number of hydrogen-bond acceptors (Lipinski definition) is 8. The fourth-order valence-electron chi connectivity index (χ4n) is 3.20. The zero-order chi connectivity index (χ0) is 20.3. The molecule has 3 rings (SSSR count). The van der Waals surface area contributed by atoms with Crippen LogP contribution in [-0.4, -0.2) is 63.1 Å². The van der Waals surface area contributed by atoms with Crippen LogP contribution < -0.4 is 15.4 Å². The molecule has 1 aromatic heterocycles. The molecule has 1 saturated heterocycles. The first-order valence-corrected chi connectivity index (χ1v) is 10.9. The van der Waals surface area contributed by atoms with Crippen LogP contribution in [0.25, 0.3) is 0 Å². The Morgan fingerprint density at radius 2 is 1.93 bits per heavy atom. The molecule has 1 aliphatic rings. The van der Waals surface area contributed by atoms with E-state index in [1.165, 1.54) is 25.4 Å². The zero-order valence-electron chi connectivity index (χ0n) is 15.9. The lowest BCUT2D eigenvalue weighted by Gasteiger charge is -2.34. The van der Waals surface area contributed by atoms with E-state index in [0.717, 1.165) is 39.1 Å². The largest absolute Gasteiger partial charge is 0.495 e. The Hall–Kier alpha value is -2.10. The summed E-state index contributed by atoms with van der Waals surface area (Å²) in [6.45, 7) is 6.59. The number of aromatic nitrogens is 2. The summed E-state index contributed by atoms with van der Waals surface area (Å²) in [4.78, 5) is 12.7. The van der Waals surface area contributed by atoms with E-state index in [9.17, 15) is 8.42 Å². The molecule has 1 aromatic carbocycles. The second kappa shape index (κ2) is 8.50. The first-order chi connectivity index (χ1) is 13.4. The van der Waals surface area contributed by atoms with Crippen LogP contribution in [0, 0.1) is 0 Å². The smallest absolute Gasteiger partial charge is 0.227 e. The van der Waals surface area contributed by atoms with E-state index in [1.807, 2.05) is 4.90 Å². The van der Waals surface area contributed by atoms with Gasteiger partial charge in [-0.15, -0.1) is 0 Å². The van der Waals surface area contributed by atoms with E-state index >= 15 is 0 Å². The number of piperazine rings is 1. The molecule has 2 aromatic rings. The fraction of sp³-hybridized carbons (Fsp3) is 0.444. The molecule has 0 saturated carbocycles. The van der Waals surface area contributed by atoms with Gasteiger partial charge >= 0.3 is 0 Å². The number of hydrogen-bond donors (Lipinski definition) is 1. The van der Waals surface area contributed by atoms with Gasteiger partial charge in [0, 0.05) is 31.2 Å². The quantitative estimate of drug-likeness (QED) is 0.750. The molecule has 10 heteroatoms. The normalized spacial score (nSPS) is 15.6.